The Morgan fingerprint density at radius 1 is 1.30 bits per heavy atom. The highest BCUT2D eigenvalue weighted by atomic mass is 16.6. The lowest BCUT2D eigenvalue weighted by atomic mass is 10.3. The van der Waals surface area contributed by atoms with Crippen LogP contribution >= 0.6 is 0 Å². The number of likely N-dealkylation sites (N-methyl/N-ethyl adjacent to an activating group) is 1. The third-order valence-corrected chi connectivity index (χ3v) is 3.36. The number of nitrogens with zero attached hydrogens (tertiary/aromatic N) is 5. The van der Waals surface area contributed by atoms with Gasteiger partial charge in [-0.15, -0.1) is 0 Å². The molecule has 2 heterocycles. The van der Waals surface area contributed by atoms with Crippen molar-refractivity contribution in [3.63, 3.8) is 0 Å². The highest BCUT2D eigenvalue weighted by Gasteiger charge is 2.28. The molecular formula is C12H20N6O2. The van der Waals surface area contributed by atoms with Crippen molar-refractivity contribution < 1.29 is 4.92 Å². The van der Waals surface area contributed by atoms with E-state index >= 15 is 0 Å². The van der Waals surface area contributed by atoms with Crippen LogP contribution in [0.15, 0.2) is 0 Å². The molecule has 0 atom stereocenters. The molecule has 1 N–H and O–H groups in total. The highest BCUT2D eigenvalue weighted by molar-refractivity contribution is 5.62. The van der Waals surface area contributed by atoms with Crippen molar-refractivity contribution in [2.45, 2.75) is 13.8 Å². The largest absolute Gasteiger partial charge is 0.354 e. The number of hydrogen-bond acceptors (Lipinski definition) is 7. The topological polar surface area (TPSA) is 87.4 Å². The smallest absolute Gasteiger partial charge is 0.332 e. The molecule has 1 fully saturated rings. The van der Waals surface area contributed by atoms with E-state index in [0.29, 0.717) is 24.0 Å². The highest BCUT2D eigenvalue weighted by Crippen LogP contribution is 2.30. The van der Waals surface area contributed by atoms with Crippen LogP contribution in [0.3, 0.4) is 0 Å². The van der Waals surface area contributed by atoms with E-state index in [1.54, 1.807) is 6.92 Å². The fourth-order valence-electron chi connectivity index (χ4n) is 2.24. The van der Waals surface area contributed by atoms with Gasteiger partial charge in [0.2, 0.25) is 11.8 Å². The van der Waals surface area contributed by atoms with Gasteiger partial charge in [0.1, 0.15) is 5.69 Å². The molecule has 1 aromatic heterocycles. The molecule has 0 spiro atoms. The lowest BCUT2D eigenvalue weighted by Gasteiger charge is -2.33. The Balaban J connectivity index is 2.39. The molecule has 2 rings (SSSR count). The summed E-state index contributed by atoms with van der Waals surface area (Å²) < 4.78 is 0. The van der Waals surface area contributed by atoms with E-state index in [9.17, 15) is 10.1 Å². The number of hydrogen-bond donors (Lipinski definition) is 1. The average molecular weight is 280 g/mol. The van der Waals surface area contributed by atoms with E-state index in [0.717, 1.165) is 26.2 Å². The van der Waals surface area contributed by atoms with Gasteiger partial charge in [-0.05, 0) is 20.9 Å². The molecule has 1 aliphatic heterocycles. The molecule has 1 saturated heterocycles. The summed E-state index contributed by atoms with van der Waals surface area (Å²) in [7, 11) is 2.04. The molecule has 0 unspecified atom stereocenters. The molecule has 0 amide bonds. The first-order valence-corrected chi connectivity index (χ1v) is 6.73. The lowest BCUT2D eigenvalue weighted by molar-refractivity contribution is -0.385. The monoisotopic (exact) mass is 280 g/mol. The third kappa shape index (κ3) is 2.96. The zero-order valence-electron chi connectivity index (χ0n) is 12.1. The molecule has 0 bridgehead atoms. The standard InChI is InChI=1S/C12H20N6O2/c1-4-13-12-14-9(2)10(18(19)20)11(15-12)17-7-5-16(3)6-8-17/h4-8H2,1-3H3,(H,13,14,15). The molecule has 0 radical (unpaired) electrons. The van der Waals surface area contributed by atoms with Crippen LogP contribution in [-0.2, 0) is 0 Å². The van der Waals surface area contributed by atoms with Gasteiger partial charge in [0.05, 0.1) is 4.92 Å². The van der Waals surface area contributed by atoms with Gasteiger partial charge in [-0.1, -0.05) is 0 Å². The molecule has 20 heavy (non-hydrogen) atoms. The van der Waals surface area contributed by atoms with Gasteiger partial charge in [0.25, 0.3) is 0 Å². The van der Waals surface area contributed by atoms with Gasteiger partial charge in [0.15, 0.2) is 0 Å². The summed E-state index contributed by atoms with van der Waals surface area (Å²) in [4.78, 5) is 23.5. The molecule has 1 aromatic rings. The van der Waals surface area contributed by atoms with E-state index in [1.165, 1.54) is 0 Å². The van der Waals surface area contributed by atoms with E-state index < -0.39 is 4.92 Å². The van der Waals surface area contributed by atoms with Crippen LogP contribution in [-0.4, -0.2) is 59.6 Å². The Bertz CT molecular complexity index is 499. The van der Waals surface area contributed by atoms with E-state index in [4.69, 9.17) is 0 Å². The summed E-state index contributed by atoms with van der Waals surface area (Å²) in [5.74, 6) is 0.871. The minimum Gasteiger partial charge on any atom is -0.354 e. The predicted molar refractivity (Wildman–Crippen MR) is 77.3 cm³/mol. The van der Waals surface area contributed by atoms with Gasteiger partial charge < -0.3 is 15.1 Å². The average Bonchev–Trinajstić information content (AvgIpc) is 2.38. The zero-order chi connectivity index (χ0) is 14.7. The first-order chi connectivity index (χ1) is 9.52. The molecule has 110 valence electrons. The summed E-state index contributed by atoms with van der Waals surface area (Å²) in [6.07, 6.45) is 0. The Kier molecular flexibility index (Phi) is 4.33. The first-order valence-electron chi connectivity index (χ1n) is 6.73. The first kappa shape index (κ1) is 14.4. The van der Waals surface area contributed by atoms with Crippen molar-refractivity contribution in [2.24, 2.45) is 0 Å². The zero-order valence-corrected chi connectivity index (χ0v) is 12.1. The minimum absolute atomic E-state index is 0.0104. The molecule has 0 aromatic carbocycles. The van der Waals surface area contributed by atoms with E-state index in [-0.39, 0.29) is 5.69 Å². The van der Waals surface area contributed by atoms with Crippen molar-refractivity contribution in [1.82, 2.24) is 14.9 Å². The Hall–Kier alpha value is -1.96. The molecule has 8 heteroatoms. The third-order valence-electron chi connectivity index (χ3n) is 3.36. The summed E-state index contributed by atoms with van der Waals surface area (Å²) in [5, 5.41) is 14.3. The van der Waals surface area contributed by atoms with Crippen LogP contribution in [0.2, 0.25) is 0 Å². The van der Waals surface area contributed by atoms with Gasteiger partial charge in [-0.25, -0.2) is 4.98 Å². The van der Waals surface area contributed by atoms with Gasteiger partial charge in [0, 0.05) is 32.7 Å². The Morgan fingerprint density at radius 3 is 2.50 bits per heavy atom. The maximum Gasteiger partial charge on any atom is 0.332 e. The number of nitrogens with one attached hydrogen (secondary N) is 1. The van der Waals surface area contributed by atoms with Crippen molar-refractivity contribution >= 4 is 17.5 Å². The number of aryl methyl sites for hydroxylation is 1. The predicted octanol–water partition coefficient (Wildman–Crippen LogP) is 0.877. The maximum atomic E-state index is 11.3. The van der Waals surface area contributed by atoms with Crippen LogP contribution in [0.5, 0.6) is 0 Å². The summed E-state index contributed by atoms with van der Waals surface area (Å²) in [6.45, 7) is 7.49. The van der Waals surface area contributed by atoms with Crippen molar-refractivity contribution in [1.29, 1.82) is 0 Å². The van der Waals surface area contributed by atoms with E-state index in [1.807, 2.05) is 18.9 Å². The number of piperazine rings is 1. The fourth-order valence-corrected chi connectivity index (χ4v) is 2.24. The van der Waals surface area contributed by atoms with E-state index in [2.05, 4.69) is 20.2 Å². The second-order valence-corrected chi connectivity index (χ2v) is 4.88. The SMILES string of the molecule is CCNc1nc(C)c([N+](=O)[O-])c(N2CCN(C)CC2)n1. The Morgan fingerprint density at radius 2 is 1.95 bits per heavy atom. The van der Waals surface area contributed by atoms with Gasteiger partial charge in [-0.3, -0.25) is 10.1 Å². The number of nitro groups is 1. The summed E-state index contributed by atoms with van der Waals surface area (Å²) >= 11 is 0. The Labute approximate surface area is 118 Å². The molecule has 0 aliphatic carbocycles. The molecule has 8 nitrogen and oxygen atoms in total. The van der Waals surface area contributed by atoms with Crippen molar-refractivity contribution in [3.8, 4) is 0 Å². The summed E-state index contributed by atoms with van der Waals surface area (Å²) in [5.41, 5.74) is 0.408. The van der Waals surface area contributed by atoms with Crippen molar-refractivity contribution in [3.05, 3.63) is 15.8 Å². The molecular weight excluding hydrogens is 260 g/mol. The summed E-state index contributed by atoms with van der Waals surface area (Å²) in [6, 6.07) is 0. The quantitative estimate of drug-likeness (QED) is 0.647. The number of aromatic nitrogens is 2. The van der Waals surface area contributed by atoms with Crippen LogP contribution in [0.25, 0.3) is 0 Å². The van der Waals surface area contributed by atoms with Crippen LogP contribution in [0.4, 0.5) is 17.5 Å². The van der Waals surface area contributed by atoms with Crippen LogP contribution in [0.1, 0.15) is 12.6 Å². The van der Waals surface area contributed by atoms with Crippen LogP contribution in [0, 0.1) is 17.0 Å². The second kappa shape index (κ2) is 6.00. The number of anilines is 2. The lowest BCUT2D eigenvalue weighted by Crippen LogP contribution is -2.45. The second-order valence-electron chi connectivity index (χ2n) is 4.88. The molecule has 1 aliphatic rings. The van der Waals surface area contributed by atoms with Crippen molar-refractivity contribution in [2.75, 3.05) is 50.0 Å². The van der Waals surface area contributed by atoms with Gasteiger partial charge >= 0.3 is 5.69 Å². The van der Waals surface area contributed by atoms with Crippen LogP contribution < -0.4 is 10.2 Å². The normalized spacial score (nSPS) is 16.2. The molecule has 0 saturated carbocycles. The fraction of sp³-hybridized carbons (Fsp3) is 0.667. The maximum absolute atomic E-state index is 11.3. The van der Waals surface area contributed by atoms with Gasteiger partial charge in [-0.2, -0.15) is 4.98 Å². The number of rotatable bonds is 4. The minimum atomic E-state index is -0.390.